The number of fused-ring (bicyclic) bond motifs is 1. The third-order valence-electron chi connectivity index (χ3n) is 5.54. The van der Waals surface area contributed by atoms with Gasteiger partial charge in [0.05, 0.1) is 23.9 Å². The van der Waals surface area contributed by atoms with E-state index < -0.39 is 34.8 Å². The molecule has 0 aliphatic heterocycles. The molecular weight excluding hydrogens is 334 g/mol. The summed E-state index contributed by atoms with van der Waals surface area (Å²) in [6.45, 7) is 2.01. The molecule has 130 valence electrons. The number of nitriles is 3. The first-order valence-corrected chi connectivity index (χ1v) is 8.35. The molecule has 1 aromatic carbocycles. The van der Waals surface area contributed by atoms with Crippen molar-refractivity contribution in [1.29, 1.82) is 21.2 Å². The Hall–Kier alpha value is -3.04. The summed E-state index contributed by atoms with van der Waals surface area (Å²) < 4.78 is 28.0. The fraction of sp³-hybridized carbons (Fsp3) is 0.400. The Kier molecular flexibility index (Phi) is 4.34. The van der Waals surface area contributed by atoms with Crippen LogP contribution in [0.4, 0.5) is 8.78 Å². The lowest BCUT2D eigenvalue weighted by Crippen LogP contribution is -2.49. The fourth-order valence-electron chi connectivity index (χ4n) is 4.31. The highest BCUT2D eigenvalue weighted by Crippen LogP contribution is 2.56. The Morgan fingerprint density at radius 1 is 1.19 bits per heavy atom. The van der Waals surface area contributed by atoms with Crippen molar-refractivity contribution in [2.75, 3.05) is 0 Å². The molecule has 0 bridgehead atoms. The Labute approximate surface area is 150 Å². The van der Waals surface area contributed by atoms with E-state index in [1.165, 1.54) is 6.07 Å². The first-order valence-electron chi connectivity index (χ1n) is 8.35. The van der Waals surface area contributed by atoms with Gasteiger partial charge in [0.15, 0.2) is 5.41 Å². The predicted octanol–water partition coefficient (Wildman–Crippen LogP) is 4.23. The summed E-state index contributed by atoms with van der Waals surface area (Å²) in [5.74, 6) is -3.70. The monoisotopic (exact) mass is 350 g/mol. The van der Waals surface area contributed by atoms with Crippen LogP contribution >= 0.6 is 0 Å². The number of hydrogen-bond acceptors (Lipinski definition) is 4. The van der Waals surface area contributed by atoms with Gasteiger partial charge >= 0.3 is 0 Å². The van der Waals surface area contributed by atoms with Crippen LogP contribution in [0.5, 0.6) is 0 Å². The molecule has 0 spiro atoms. The maximum Gasteiger partial charge on any atom is 0.189 e. The van der Waals surface area contributed by atoms with Crippen LogP contribution in [0.3, 0.4) is 0 Å². The van der Waals surface area contributed by atoms with Gasteiger partial charge in [-0.15, -0.1) is 0 Å². The second-order valence-corrected chi connectivity index (χ2v) is 7.04. The van der Waals surface area contributed by atoms with E-state index in [1.54, 1.807) is 0 Å². The second-order valence-electron chi connectivity index (χ2n) is 7.04. The Balaban J connectivity index is 2.30. The molecule has 6 heteroatoms. The Morgan fingerprint density at radius 2 is 1.88 bits per heavy atom. The van der Waals surface area contributed by atoms with Crippen LogP contribution in [0.25, 0.3) is 0 Å². The average molecular weight is 350 g/mol. The van der Waals surface area contributed by atoms with Crippen LogP contribution < -0.4 is 0 Å². The lowest BCUT2D eigenvalue weighted by atomic mass is 9.52. The van der Waals surface area contributed by atoms with Gasteiger partial charge in [-0.1, -0.05) is 19.1 Å². The van der Waals surface area contributed by atoms with Gasteiger partial charge in [-0.3, -0.25) is 0 Å². The lowest BCUT2D eigenvalue weighted by Gasteiger charge is -2.46. The van der Waals surface area contributed by atoms with Gasteiger partial charge in [0.25, 0.3) is 0 Å². The van der Waals surface area contributed by atoms with Crippen LogP contribution in [0.2, 0.25) is 0 Å². The van der Waals surface area contributed by atoms with Crippen LogP contribution in [0, 0.1) is 74.2 Å². The zero-order chi connectivity index (χ0) is 19.1. The fourth-order valence-corrected chi connectivity index (χ4v) is 4.31. The van der Waals surface area contributed by atoms with Gasteiger partial charge in [0, 0.05) is 12.0 Å². The molecule has 0 amide bonds. The summed E-state index contributed by atoms with van der Waals surface area (Å²) in [6.07, 6.45) is 3.18. The van der Waals surface area contributed by atoms with Crippen LogP contribution in [-0.4, -0.2) is 5.71 Å². The standard InChI is InChI=1S/C20H16F2N4/c1-11-2-4-13-15(6-11)18(14-5-3-12(21)7-17(14)22)20(9-24,10-25)19(26)16(13)8-23/h3-5,7,11,15-16,18,26H,2,6H2,1H3/t11-,15+,16?,18-/m0/s1. The van der Waals surface area contributed by atoms with Crippen molar-refractivity contribution in [2.45, 2.75) is 25.7 Å². The first kappa shape index (κ1) is 17.8. The first-order chi connectivity index (χ1) is 12.4. The molecule has 0 radical (unpaired) electrons. The summed E-state index contributed by atoms with van der Waals surface area (Å²) in [5, 5.41) is 37.6. The van der Waals surface area contributed by atoms with Crippen molar-refractivity contribution in [1.82, 2.24) is 0 Å². The highest BCUT2D eigenvalue weighted by Gasteiger charge is 2.58. The van der Waals surface area contributed by atoms with Crippen molar-refractivity contribution < 1.29 is 8.78 Å². The molecule has 0 saturated heterocycles. The van der Waals surface area contributed by atoms with Crippen molar-refractivity contribution in [3.63, 3.8) is 0 Å². The average Bonchev–Trinajstić information content (AvgIpc) is 2.62. The largest absolute Gasteiger partial charge is 0.305 e. The molecule has 1 N–H and O–H groups in total. The topological polar surface area (TPSA) is 95.2 Å². The Morgan fingerprint density at radius 3 is 2.46 bits per heavy atom. The quantitative estimate of drug-likeness (QED) is 0.768. The van der Waals surface area contributed by atoms with Crippen LogP contribution in [-0.2, 0) is 0 Å². The lowest BCUT2D eigenvalue weighted by molar-refractivity contribution is 0.278. The summed E-state index contributed by atoms with van der Waals surface area (Å²) >= 11 is 0. The van der Waals surface area contributed by atoms with Gasteiger partial charge in [-0.05, 0) is 41.9 Å². The number of nitrogens with zero attached hydrogens (tertiary/aromatic N) is 3. The normalized spacial score (nSPS) is 29.5. The van der Waals surface area contributed by atoms with E-state index in [4.69, 9.17) is 5.41 Å². The summed E-state index contributed by atoms with van der Waals surface area (Å²) in [7, 11) is 0. The number of allylic oxidation sites excluding steroid dienone is 2. The molecule has 1 aromatic rings. The highest BCUT2D eigenvalue weighted by atomic mass is 19.1. The van der Waals surface area contributed by atoms with E-state index in [1.807, 2.05) is 31.2 Å². The van der Waals surface area contributed by atoms with E-state index in [2.05, 4.69) is 0 Å². The van der Waals surface area contributed by atoms with Crippen molar-refractivity contribution >= 4 is 5.71 Å². The van der Waals surface area contributed by atoms with E-state index >= 15 is 0 Å². The second kappa shape index (κ2) is 6.36. The van der Waals surface area contributed by atoms with E-state index in [0.29, 0.717) is 12.0 Å². The zero-order valence-corrected chi connectivity index (χ0v) is 14.1. The highest BCUT2D eigenvalue weighted by molar-refractivity contribution is 6.00. The molecule has 4 atom stereocenters. The minimum absolute atomic E-state index is 0.0423. The molecular formula is C20H16F2N4. The number of halogens is 2. The minimum atomic E-state index is -1.96. The summed E-state index contributed by atoms with van der Waals surface area (Å²) in [4.78, 5) is 0. The van der Waals surface area contributed by atoms with Gasteiger partial charge in [-0.25, -0.2) is 8.78 Å². The van der Waals surface area contributed by atoms with Gasteiger partial charge in [-0.2, -0.15) is 15.8 Å². The molecule has 4 nitrogen and oxygen atoms in total. The maximum atomic E-state index is 14.6. The molecule has 0 heterocycles. The van der Waals surface area contributed by atoms with E-state index in [-0.39, 0.29) is 17.2 Å². The number of hydrogen-bond donors (Lipinski definition) is 1. The molecule has 0 aromatic heterocycles. The Bertz CT molecular complexity index is 915. The van der Waals surface area contributed by atoms with Crippen molar-refractivity contribution in [3.8, 4) is 18.2 Å². The number of benzene rings is 1. The molecule has 1 unspecified atom stereocenters. The van der Waals surface area contributed by atoms with Crippen LogP contribution in [0.1, 0.15) is 31.2 Å². The third kappa shape index (κ3) is 2.40. The van der Waals surface area contributed by atoms with Gasteiger partial charge in [0.2, 0.25) is 0 Å². The number of rotatable bonds is 1. The molecule has 26 heavy (non-hydrogen) atoms. The molecule has 2 aliphatic carbocycles. The number of nitrogens with one attached hydrogen (secondary N) is 1. The van der Waals surface area contributed by atoms with Gasteiger partial charge in [0.1, 0.15) is 17.6 Å². The van der Waals surface area contributed by atoms with E-state index in [9.17, 15) is 24.6 Å². The SMILES string of the molecule is C[C@H]1CC=C2C(C#N)C(=N)C(C#N)(C#N)[C@@H](c3ccc(F)cc3F)[C@@H]2C1. The smallest absolute Gasteiger partial charge is 0.189 e. The molecule has 3 rings (SSSR count). The maximum absolute atomic E-state index is 14.6. The predicted molar refractivity (Wildman–Crippen MR) is 89.6 cm³/mol. The zero-order valence-electron chi connectivity index (χ0n) is 14.1. The van der Waals surface area contributed by atoms with Crippen molar-refractivity contribution in [2.24, 2.45) is 23.2 Å². The minimum Gasteiger partial charge on any atom is -0.305 e. The molecule has 2 aliphatic rings. The van der Waals surface area contributed by atoms with Crippen molar-refractivity contribution in [3.05, 3.63) is 47.0 Å². The summed E-state index contributed by atoms with van der Waals surface area (Å²) in [5.41, 5.74) is -1.57. The molecule has 1 saturated carbocycles. The summed E-state index contributed by atoms with van der Waals surface area (Å²) in [6, 6.07) is 8.89. The van der Waals surface area contributed by atoms with Crippen LogP contribution in [0.15, 0.2) is 29.8 Å². The molecule has 1 fully saturated rings. The third-order valence-corrected chi connectivity index (χ3v) is 5.54. The van der Waals surface area contributed by atoms with Gasteiger partial charge < -0.3 is 5.41 Å². The van der Waals surface area contributed by atoms with E-state index in [0.717, 1.165) is 18.6 Å².